The first-order valence-electron chi connectivity index (χ1n) is 12.0. The Balaban J connectivity index is 1.86. The van der Waals surface area contributed by atoms with E-state index >= 15 is 0 Å². The molecule has 37 heavy (non-hydrogen) atoms. The number of likely N-dealkylation sites (N-methyl/N-ethyl adjacent to an activating group) is 1. The topological polar surface area (TPSA) is 183 Å². The van der Waals surface area contributed by atoms with E-state index in [-0.39, 0.29) is 36.3 Å². The summed E-state index contributed by atoms with van der Waals surface area (Å²) < 4.78 is 0. The zero-order valence-corrected chi connectivity index (χ0v) is 21.5. The van der Waals surface area contributed by atoms with Gasteiger partial charge in [0.2, 0.25) is 5.78 Å². The number of nitrogens with two attached hydrogens (primary N) is 1. The van der Waals surface area contributed by atoms with Gasteiger partial charge in [0.25, 0.3) is 5.91 Å². The summed E-state index contributed by atoms with van der Waals surface area (Å²) in [6.45, 7) is 5.88. The Morgan fingerprint density at radius 2 is 1.86 bits per heavy atom. The lowest BCUT2D eigenvalue weighted by molar-refractivity contribution is -0.153. The van der Waals surface area contributed by atoms with Crippen LogP contribution in [0.3, 0.4) is 0 Å². The summed E-state index contributed by atoms with van der Waals surface area (Å²) in [6, 6.07) is 1.95. The van der Waals surface area contributed by atoms with Crippen LogP contribution in [0.4, 0.5) is 0 Å². The molecule has 1 saturated carbocycles. The molecule has 11 nitrogen and oxygen atoms in total. The number of amides is 1. The van der Waals surface area contributed by atoms with E-state index in [9.17, 15) is 34.8 Å². The van der Waals surface area contributed by atoms with E-state index in [1.54, 1.807) is 20.2 Å². The van der Waals surface area contributed by atoms with Gasteiger partial charge < -0.3 is 26.2 Å². The largest absolute Gasteiger partial charge is 0.508 e. The maximum Gasteiger partial charge on any atom is 0.255 e. The van der Waals surface area contributed by atoms with Crippen molar-refractivity contribution in [2.45, 2.75) is 57.4 Å². The fourth-order valence-corrected chi connectivity index (χ4v) is 5.80. The van der Waals surface area contributed by atoms with Crippen LogP contribution in [-0.4, -0.2) is 74.1 Å². The number of phenols is 1. The van der Waals surface area contributed by atoms with E-state index in [1.165, 1.54) is 11.0 Å². The average Bonchev–Trinajstić information content (AvgIpc) is 2.76. The minimum atomic E-state index is -2.65. The summed E-state index contributed by atoms with van der Waals surface area (Å²) in [5.74, 6) is -6.72. The number of hydrogen-bond acceptors (Lipinski definition) is 10. The van der Waals surface area contributed by atoms with E-state index < -0.39 is 63.6 Å². The van der Waals surface area contributed by atoms with E-state index in [0.717, 1.165) is 5.56 Å². The molecule has 3 aliphatic rings. The molecule has 0 heterocycles. The number of hydroxylamine groups is 1. The summed E-state index contributed by atoms with van der Waals surface area (Å²) >= 11 is 0. The third kappa shape index (κ3) is 4.11. The molecule has 1 aromatic carbocycles. The smallest absolute Gasteiger partial charge is 0.255 e. The third-order valence-corrected chi connectivity index (χ3v) is 7.34. The number of nitrogens with zero attached hydrogens (tertiary/aromatic N) is 1. The van der Waals surface area contributed by atoms with Crippen molar-refractivity contribution in [3.8, 4) is 5.75 Å². The minimum absolute atomic E-state index is 0.0345. The molecule has 0 aliphatic heterocycles. The Bertz CT molecular complexity index is 1260. The van der Waals surface area contributed by atoms with Crippen LogP contribution in [0.1, 0.15) is 43.9 Å². The Hall–Kier alpha value is -3.25. The van der Waals surface area contributed by atoms with Gasteiger partial charge in [0.1, 0.15) is 22.8 Å². The second kappa shape index (κ2) is 8.95. The number of phenolic OH excluding ortho intramolecular Hbond substituents is 1. The molecule has 1 fully saturated rings. The monoisotopic (exact) mass is 515 g/mol. The first-order chi connectivity index (χ1) is 17.1. The highest BCUT2D eigenvalue weighted by molar-refractivity contribution is 6.24. The minimum Gasteiger partial charge on any atom is -0.508 e. The molecule has 200 valence electrons. The highest BCUT2D eigenvalue weighted by Crippen LogP contribution is 2.52. The molecule has 0 unspecified atom stereocenters. The van der Waals surface area contributed by atoms with Gasteiger partial charge in [-0.05, 0) is 70.8 Å². The zero-order chi connectivity index (χ0) is 27.6. The van der Waals surface area contributed by atoms with Gasteiger partial charge in [-0.3, -0.25) is 24.1 Å². The molecule has 11 heteroatoms. The highest BCUT2D eigenvalue weighted by atomic mass is 16.7. The Morgan fingerprint density at radius 1 is 1.22 bits per heavy atom. The second-order valence-electron chi connectivity index (χ2n) is 11.1. The molecule has 4 atom stereocenters. The van der Waals surface area contributed by atoms with Crippen molar-refractivity contribution in [1.82, 2.24) is 10.4 Å². The average molecular weight is 516 g/mol. The van der Waals surface area contributed by atoms with Crippen LogP contribution in [-0.2, 0) is 32.2 Å². The molecular formula is C26H33N3O8. The lowest BCUT2D eigenvalue weighted by atomic mass is 9.57. The van der Waals surface area contributed by atoms with Crippen molar-refractivity contribution in [2.75, 3.05) is 14.1 Å². The van der Waals surface area contributed by atoms with Gasteiger partial charge in [-0.15, -0.1) is 0 Å². The molecule has 4 rings (SSSR count). The molecule has 0 bridgehead atoms. The summed E-state index contributed by atoms with van der Waals surface area (Å²) in [7, 11) is 3.12. The van der Waals surface area contributed by atoms with Crippen LogP contribution in [0.2, 0.25) is 0 Å². The van der Waals surface area contributed by atoms with E-state index in [4.69, 9.17) is 10.6 Å². The lowest BCUT2D eigenvalue weighted by Gasteiger charge is -2.50. The molecule has 0 aromatic heterocycles. The predicted molar refractivity (Wildman–Crippen MR) is 132 cm³/mol. The van der Waals surface area contributed by atoms with Crippen molar-refractivity contribution in [1.29, 1.82) is 0 Å². The van der Waals surface area contributed by atoms with Crippen LogP contribution >= 0.6 is 0 Å². The van der Waals surface area contributed by atoms with Gasteiger partial charge in [-0.25, -0.2) is 0 Å². The molecule has 0 saturated heterocycles. The number of carbonyl (C=O) groups excluding carboxylic acids is 3. The number of nitrogens with one attached hydrogen (secondary N) is 1. The summed E-state index contributed by atoms with van der Waals surface area (Å²) in [6.07, 6.45) is 0.252. The fraction of sp³-hybridized carbons (Fsp3) is 0.500. The van der Waals surface area contributed by atoms with Gasteiger partial charge in [-0.1, -0.05) is 6.07 Å². The number of aliphatic hydroxyl groups is 3. The number of hydrogen-bond donors (Lipinski definition) is 6. The van der Waals surface area contributed by atoms with Gasteiger partial charge in [0, 0.05) is 18.0 Å². The molecule has 1 amide bonds. The fourth-order valence-electron chi connectivity index (χ4n) is 5.80. The number of aromatic hydroxyl groups is 1. The molecule has 7 N–H and O–H groups in total. The lowest BCUT2D eigenvalue weighted by Crippen LogP contribution is -2.65. The Labute approximate surface area is 214 Å². The molecule has 0 spiro atoms. The molecular weight excluding hydrogens is 482 g/mol. The normalized spacial score (nSPS) is 27.8. The SMILES string of the molecule is CN(C)[C@H]1C(=O)C(C(N)=O)=C(O)[C@@]2(O)C(=O)C3=C(O)c4c(O)ccc(CNOC(C)(C)C)c4C[C@H]3C[C@@H]12. The van der Waals surface area contributed by atoms with E-state index in [1.807, 2.05) is 20.8 Å². The van der Waals surface area contributed by atoms with Crippen LogP contribution in [0.15, 0.2) is 29.0 Å². The quantitative estimate of drug-likeness (QED) is 0.242. The molecule has 0 radical (unpaired) electrons. The van der Waals surface area contributed by atoms with Crippen LogP contribution < -0.4 is 11.2 Å². The van der Waals surface area contributed by atoms with E-state index in [0.29, 0.717) is 5.56 Å². The maximum atomic E-state index is 13.8. The molecule has 1 aromatic rings. The van der Waals surface area contributed by atoms with Crippen molar-refractivity contribution < 1.29 is 39.6 Å². The van der Waals surface area contributed by atoms with Crippen molar-refractivity contribution >= 4 is 23.2 Å². The number of Topliss-reactive ketones (excluding diaryl/α,β-unsaturated/α-hetero) is 2. The summed E-state index contributed by atoms with van der Waals surface area (Å²) in [4.78, 5) is 46.1. The summed E-state index contributed by atoms with van der Waals surface area (Å²) in [5.41, 5.74) is 5.45. The molecule has 3 aliphatic carbocycles. The number of primary amides is 1. The summed E-state index contributed by atoms with van der Waals surface area (Å²) in [5, 5.41) is 44.3. The van der Waals surface area contributed by atoms with Crippen molar-refractivity contribution in [3.05, 3.63) is 45.7 Å². The second-order valence-corrected chi connectivity index (χ2v) is 11.1. The first-order valence-corrected chi connectivity index (χ1v) is 12.0. The number of aliphatic hydroxyl groups excluding tert-OH is 2. The standard InChI is InChI=1S/C26H33N3O8/c1-25(2,3)37-28-10-11-6-7-15(30)17-13(11)8-12-9-14-19(29(4)5)21(32)18(24(27)35)23(34)26(14,36)22(33)16(12)20(17)31/h6-7,12,14,19,28,30-31,34,36H,8-10H2,1-5H3,(H2,27,35)/t12-,14-,19+,26-/m0/s1. The Morgan fingerprint density at radius 3 is 2.43 bits per heavy atom. The van der Waals surface area contributed by atoms with E-state index in [2.05, 4.69) is 5.48 Å². The highest BCUT2D eigenvalue weighted by Gasteiger charge is 2.64. The van der Waals surface area contributed by atoms with Gasteiger partial charge in [0.15, 0.2) is 11.4 Å². The van der Waals surface area contributed by atoms with Crippen LogP contribution in [0.5, 0.6) is 5.75 Å². The number of benzene rings is 1. The van der Waals surface area contributed by atoms with Crippen molar-refractivity contribution in [3.63, 3.8) is 0 Å². The Kier molecular flexibility index (Phi) is 6.48. The van der Waals surface area contributed by atoms with Crippen molar-refractivity contribution in [2.24, 2.45) is 17.6 Å². The zero-order valence-electron chi connectivity index (χ0n) is 21.5. The number of ketones is 2. The van der Waals surface area contributed by atoms with Crippen LogP contribution in [0, 0.1) is 11.8 Å². The maximum absolute atomic E-state index is 13.8. The van der Waals surface area contributed by atoms with Gasteiger partial charge in [-0.2, -0.15) is 5.48 Å². The van der Waals surface area contributed by atoms with Gasteiger partial charge >= 0.3 is 0 Å². The number of carbonyl (C=O) groups is 3. The third-order valence-electron chi connectivity index (χ3n) is 7.34. The van der Waals surface area contributed by atoms with Gasteiger partial charge in [0.05, 0.1) is 17.2 Å². The van der Waals surface area contributed by atoms with Crippen LogP contribution in [0.25, 0.3) is 5.76 Å². The number of rotatable bonds is 5. The first kappa shape index (κ1) is 26.8. The number of fused-ring (bicyclic) bond motifs is 3. The predicted octanol–water partition coefficient (Wildman–Crippen LogP) is 0.784.